The molecule has 2 rings (SSSR count). The van der Waals surface area contributed by atoms with Gasteiger partial charge in [-0.15, -0.1) is 11.6 Å². The molecule has 2 unspecified atom stereocenters. The van der Waals surface area contributed by atoms with E-state index in [0.29, 0.717) is 5.92 Å². The van der Waals surface area contributed by atoms with Crippen LogP contribution in [-0.2, 0) is 5.41 Å². The second-order valence-corrected chi connectivity index (χ2v) is 6.94. The number of rotatable bonds is 3. The molecule has 1 aromatic carbocycles. The quantitative estimate of drug-likeness (QED) is 0.638. The minimum atomic E-state index is 0.177. The second kappa shape index (κ2) is 4.65. The molecule has 1 aliphatic rings. The van der Waals surface area contributed by atoms with Gasteiger partial charge in [0.15, 0.2) is 0 Å². The van der Waals surface area contributed by atoms with Crippen LogP contribution < -0.4 is 0 Å². The Morgan fingerprint density at radius 3 is 2.06 bits per heavy atom. The summed E-state index contributed by atoms with van der Waals surface area (Å²) >= 11 is 6.56. The highest BCUT2D eigenvalue weighted by atomic mass is 35.5. The maximum absolute atomic E-state index is 6.56. The maximum atomic E-state index is 6.56. The summed E-state index contributed by atoms with van der Waals surface area (Å²) in [7, 11) is 0. The fourth-order valence-electron chi connectivity index (χ4n) is 2.33. The summed E-state index contributed by atoms with van der Waals surface area (Å²) < 4.78 is 0. The molecular weight excluding hydrogens is 228 g/mol. The predicted molar refractivity (Wildman–Crippen MR) is 75.6 cm³/mol. The van der Waals surface area contributed by atoms with Gasteiger partial charge in [-0.3, -0.25) is 0 Å². The molecule has 0 radical (unpaired) electrons. The zero-order chi connectivity index (χ0) is 12.6. The number of alkyl halides is 1. The molecule has 0 saturated heterocycles. The van der Waals surface area contributed by atoms with Gasteiger partial charge < -0.3 is 0 Å². The van der Waals surface area contributed by atoms with Crippen LogP contribution in [0.2, 0.25) is 0 Å². The number of hydrogen-bond acceptors (Lipinski definition) is 0. The van der Waals surface area contributed by atoms with Crippen LogP contribution in [0.5, 0.6) is 0 Å². The first kappa shape index (κ1) is 13.0. The fourth-order valence-corrected chi connectivity index (χ4v) is 2.68. The van der Waals surface area contributed by atoms with Crippen molar-refractivity contribution in [2.24, 2.45) is 11.8 Å². The summed E-state index contributed by atoms with van der Waals surface area (Å²) in [6.07, 6.45) is 2.73. The van der Waals surface area contributed by atoms with Gasteiger partial charge in [0.1, 0.15) is 0 Å². The lowest BCUT2D eigenvalue weighted by Crippen LogP contribution is -2.11. The molecule has 0 heterocycles. The Kier molecular flexibility index (Phi) is 3.54. The summed E-state index contributed by atoms with van der Waals surface area (Å²) in [5, 5.41) is 0.177. The summed E-state index contributed by atoms with van der Waals surface area (Å²) in [5.74, 6) is 1.47. The SMILES string of the molecule is CC(C1CC1)C(Cl)c1ccc(C(C)(C)C)cc1. The third-order valence-electron chi connectivity index (χ3n) is 3.92. The summed E-state index contributed by atoms with van der Waals surface area (Å²) in [6, 6.07) is 8.86. The lowest BCUT2D eigenvalue weighted by Gasteiger charge is -2.22. The molecule has 94 valence electrons. The van der Waals surface area contributed by atoms with Gasteiger partial charge in [-0.25, -0.2) is 0 Å². The van der Waals surface area contributed by atoms with Crippen LogP contribution in [0.25, 0.3) is 0 Å². The fraction of sp³-hybridized carbons (Fsp3) is 0.625. The molecule has 1 aliphatic carbocycles. The molecule has 17 heavy (non-hydrogen) atoms. The van der Waals surface area contributed by atoms with Crippen LogP contribution in [0.1, 0.15) is 57.0 Å². The lowest BCUT2D eigenvalue weighted by atomic mass is 9.86. The molecule has 0 amide bonds. The summed E-state index contributed by atoms with van der Waals surface area (Å²) in [5.41, 5.74) is 2.88. The first-order valence-corrected chi connectivity index (χ1v) is 7.08. The minimum Gasteiger partial charge on any atom is -0.118 e. The van der Waals surface area contributed by atoms with E-state index in [2.05, 4.69) is 52.0 Å². The largest absolute Gasteiger partial charge is 0.118 e. The Bertz CT molecular complexity index is 368. The molecule has 0 nitrogen and oxygen atoms in total. The van der Waals surface area contributed by atoms with E-state index in [1.807, 2.05) is 0 Å². The highest BCUT2D eigenvalue weighted by molar-refractivity contribution is 6.21. The smallest absolute Gasteiger partial charge is 0.0613 e. The maximum Gasteiger partial charge on any atom is 0.0613 e. The van der Waals surface area contributed by atoms with E-state index in [1.54, 1.807) is 0 Å². The van der Waals surface area contributed by atoms with Crippen LogP contribution >= 0.6 is 11.6 Å². The second-order valence-electron chi connectivity index (χ2n) is 6.47. The lowest BCUT2D eigenvalue weighted by molar-refractivity contribution is 0.491. The van der Waals surface area contributed by atoms with E-state index in [-0.39, 0.29) is 10.8 Å². The van der Waals surface area contributed by atoms with Gasteiger partial charge in [0.2, 0.25) is 0 Å². The number of benzene rings is 1. The molecule has 2 atom stereocenters. The van der Waals surface area contributed by atoms with E-state index in [1.165, 1.54) is 24.0 Å². The molecule has 0 aliphatic heterocycles. The van der Waals surface area contributed by atoms with Gasteiger partial charge in [0.25, 0.3) is 0 Å². The first-order valence-electron chi connectivity index (χ1n) is 6.64. The third kappa shape index (κ3) is 3.04. The van der Waals surface area contributed by atoms with Crippen molar-refractivity contribution in [2.45, 2.75) is 51.3 Å². The van der Waals surface area contributed by atoms with Gasteiger partial charge >= 0.3 is 0 Å². The van der Waals surface area contributed by atoms with Crippen molar-refractivity contribution in [1.29, 1.82) is 0 Å². The minimum absolute atomic E-state index is 0.177. The van der Waals surface area contributed by atoms with Crippen LogP contribution in [0.3, 0.4) is 0 Å². The molecule has 0 N–H and O–H groups in total. The zero-order valence-corrected chi connectivity index (χ0v) is 12.1. The van der Waals surface area contributed by atoms with Crippen molar-refractivity contribution in [3.8, 4) is 0 Å². The predicted octanol–water partition coefficient (Wildman–Crippen LogP) is 5.31. The Balaban J connectivity index is 2.11. The van der Waals surface area contributed by atoms with Crippen molar-refractivity contribution in [1.82, 2.24) is 0 Å². The normalized spacial score (nSPS) is 20.1. The summed E-state index contributed by atoms with van der Waals surface area (Å²) in [6.45, 7) is 9.01. The first-order chi connectivity index (χ1) is 7.89. The van der Waals surface area contributed by atoms with Gasteiger partial charge in [-0.2, -0.15) is 0 Å². The van der Waals surface area contributed by atoms with Gasteiger partial charge in [0, 0.05) is 0 Å². The van der Waals surface area contributed by atoms with Crippen LogP contribution in [-0.4, -0.2) is 0 Å². The molecule has 1 aromatic rings. The van der Waals surface area contributed by atoms with Crippen LogP contribution in [0.4, 0.5) is 0 Å². The van der Waals surface area contributed by atoms with Crippen molar-refractivity contribution >= 4 is 11.6 Å². The molecule has 0 bridgehead atoms. The molecule has 0 aromatic heterocycles. The average Bonchev–Trinajstić information content (AvgIpc) is 3.10. The molecule has 0 spiro atoms. The van der Waals surface area contributed by atoms with Crippen LogP contribution in [0.15, 0.2) is 24.3 Å². The third-order valence-corrected chi connectivity index (χ3v) is 4.57. The van der Waals surface area contributed by atoms with E-state index in [0.717, 1.165) is 5.92 Å². The number of halogens is 1. The topological polar surface area (TPSA) is 0 Å². The van der Waals surface area contributed by atoms with E-state index < -0.39 is 0 Å². The molecule has 1 saturated carbocycles. The van der Waals surface area contributed by atoms with Crippen molar-refractivity contribution in [3.63, 3.8) is 0 Å². The van der Waals surface area contributed by atoms with Crippen LogP contribution in [0, 0.1) is 11.8 Å². The van der Waals surface area contributed by atoms with Gasteiger partial charge in [-0.05, 0) is 41.2 Å². The zero-order valence-electron chi connectivity index (χ0n) is 11.3. The van der Waals surface area contributed by atoms with E-state index in [4.69, 9.17) is 11.6 Å². The van der Waals surface area contributed by atoms with Crippen molar-refractivity contribution < 1.29 is 0 Å². The molecular formula is C16H23Cl. The Morgan fingerprint density at radius 2 is 1.65 bits per heavy atom. The van der Waals surface area contributed by atoms with E-state index in [9.17, 15) is 0 Å². The molecule has 1 heteroatoms. The van der Waals surface area contributed by atoms with Gasteiger partial charge in [0.05, 0.1) is 5.38 Å². The highest BCUT2D eigenvalue weighted by Crippen LogP contribution is 2.45. The Morgan fingerprint density at radius 1 is 1.12 bits per heavy atom. The highest BCUT2D eigenvalue weighted by Gasteiger charge is 2.33. The van der Waals surface area contributed by atoms with E-state index >= 15 is 0 Å². The summed E-state index contributed by atoms with van der Waals surface area (Å²) in [4.78, 5) is 0. The molecule has 1 fully saturated rings. The average molecular weight is 251 g/mol. The monoisotopic (exact) mass is 250 g/mol. The standard InChI is InChI=1S/C16H23Cl/c1-11(12-5-6-12)15(17)13-7-9-14(10-8-13)16(2,3)4/h7-12,15H,5-6H2,1-4H3. The van der Waals surface area contributed by atoms with Crippen molar-refractivity contribution in [3.05, 3.63) is 35.4 Å². The number of hydrogen-bond donors (Lipinski definition) is 0. The Labute approximate surface area is 110 Å². The van der Waals surface area contributed by atoms with Crippen molar-refractivity contribution in [2.75, 3.05) is 0 Å². The Hall–Kier alpha value is -0.490. The van der Waals surface area contributed by atoms with Gasteiger partial charge in [-0.1, -0.05) is 52.0 Å².